The number of carbonyl (C=O) groups excluding carboxylic acids is 1. The van der Waals surface area contributed by atoms with Gasteiger partial charge in [-0.25, -0.2) is 20.4 Å². The Kier molecular flexibility index (Phi) is 4.68. The third kappa shape index (κ3) is 3.50. The summed E-state index contributed by atoms with van der Waals surface area (Å²) in [5.41, 5.74) is 2.92. The molecule has 8 heteroatoms. The molecule has 0 unspecified atom stereocenters. The molecule has 0 aliphatic rings. The van der Waals surface area contributed by atoms with Crippen molar-refractivity contribution in [3.8, 4) is 0 Å². The Labute approximate surface area is 137 Å². The number of hydroxylamine groups is 1. The maximum Gasteiger partial charge on any atom is 0.274 e. The Morgan fingerprint density at radius 3 is 2.46 bits per heavy atom. The number of anilines is 2. The van der Waals surface area contributed by atoms with Crippen molar-refractivity contribution in [2.75, 3.05) is 4.90 Å². The van der Waals surface area contributed by atoms with E-state index in [9.17, 15) is 4.79 Å². The van der Waals surface area contributed by atoms with E-state index in [-0.39, 0.29) is 0 Å². The largest absolute Gasteiger partial charge is 0.305 e. The lowest BCUT2D eigenvalue weighted by molar-refractivity contribution is 0.0706. The molecule has 2 N–H and O–H groups in total. The quantitative estimate of drug-likeness (QED) is 0.544. The van der Waals surface area contributed by atoms with Crippen LogP contribution in [0.5, 0.6) is 0 Å². The Hall–Kier alpha value is -3.39. The van der Waals surface area contributed by atoms with Crippen LogP contribution in [0.15, 0.2) is 61.4 Å². The second-order valence-corrected chi connectivity index (χ2v) is 4.86. The van der Waals surface area contributed by atoms with Crippen molar-refractivity contribution in [3.05, 3.63) is 72.6 Å². The van der Waals surface area contributed by atoms with Crippen molar-refractivity contribution in [1.82, 2.24) is 25.4 Å². The molecule has 120 valence electrons. The topological polar surface area (TPSA) is 104 Å². The average molecular weight is 322 g/mol. The Bertz CT molecular complexity index is 756. The zero-order valence-corrected chi connectivity index (χ0v) is 12.6. The highest BCUT2D eigenvalue weighted by Crippen LogP contribution is 2.22. The standard InChI is InChI=1S/C16H14N6O2/c23-16(21-24)13-3-1-12(2-4-13)10-22(14-5-6-18-11-20-14)15-9-17-7-8-19-15/h1-9,11,24H,10H2,(H,21,23). The van der Waals surface area contributed by atoms with Crippen molar-refractivity contribution in [3.63, 3.8) is 0 Å². The van der Waals surface area contributed by atoms with Gasteiger partial charge in [-0.15, -0.1) is 0 Å². The van der Waals surface area contributed by atoms with Crippen molar-refractivity contribution >= 4 is 17.5 Å². The van der Waals surface area contributed by atoms with E-state index in [1.807, 2.05) is 4.90 Å². The number of aromatic nitrogens is 4. The van der Waals surface area contributed by atoms with E-state index < -0.39 is 5.91 Å². The van der Waals surface area contributed by atoms with Gasteiger partial charge < -0.3 is 4.90 Å². The summed E-state index contributed by atoms with van der Waals surface area (Å²) in [6, 6.07) is 8.65. The van der Waals surface area contributed by atoms with Crippen LogP contribution >= 0.6 is 0 Å². The molecular formula is C16H14N6O2. The summed E-state index contributed by atoms with van der Waals surface area (Å²) in [6.45, 7) is 0.483. The first-order valence-corrected chi connectivity index (χ1v) is 7.11. The minimum Gasteiger partial charge on any atom is -0.305 e. The number of rotatable bonds is 5. The Morgan fingerprint density at radius 1 is 1.00 bits per heavy atom. The molecule has 3 rings (SSSR count). The Morgan fingerprint density at radius 2 is 1.83 bits per heavy atom. The predicted molar refractivity (Wildman–Crippen MR) is 85.6 cm³/mol. The molecule has 0 fully saturated rings. The number of carbonyl (C=O) groups is 1. The number of nitrogens with one attached hydrogen (secondary N) is 1. The minimum absolute atomic E-state index is 0.370. The van der Waals surface area contributed by atoms with Gasteiger partial charge in [0.05, 0.1) is 12.7 Å². The minimum atomic E-state index is -0.553. The summed E-state index contributed by atoms with van der Waals surface area (Å²) < 4.78 is 0. The normalized spacial score (nSPS) is 10.2. The molecule has 0 bridgehead atoms. The van der Waals surface area contributed by atoms with Gasteiger partial charge in [-0.2, -0.15) is 0 Å². The van der Waals surface area contributed by atoms with Crippen LogP contribution in [0.2, 0.25) is 0 Å². The van der Waals surface area contributed by atoms with Crippen molar-refractivity contribution in [1.29, 1.82) is 0 Å². The molecular weight excluding hydrogens is 308 g/mol. The van der Waals surface area contributed by atoms with Crippen LogP contribution in [0.25, 0.3) is 0 Å². The zero-order chi connectivity index (χ0) is 16.8. The average Bonchev–Trinajstić information content (AvgIpc) is 2.67. The number of hydrogen-bond donors (Lipinski definition) is 2. The van der Waals surface area contributed by atoms with Gasteiger partial charge in [0.2, 0.25) is 0 Å². The lowest BCUT2D eigenvalue weighted by Crippen LogP contribution is -2.20. The van der Waals surface area contributed by atoms with Crippen LogP contribution in [0, 0.1) is 0 Å². The van der Waals surface area contributed by atoms with E-state index in [0.29, 0.717) is 23.7 Å². The van der Waals surface area contributed by atoms with Gasteiger partial charge in [-0.1, -0.05) is 12.1 Å². The zero-order valence-electron chi connectivity index (χ0n) is 12.6. The van der Waals surface area contributed by atoms with Gasteiger partial charge in [-0.05, 0) is 23.8 Å². The van der Waals surface area contributed by atoms with Gasteiger partial charge in [0.1, 0.15) is 12.1 Å². The molecule has 1 aromatic carbocycles. The van der Waals surface area contributed by atoms with E-state index in [2.05, 4.69) is 19.9 Å². The second kappa shape index (κ2) is 7.25. The molecule has 0 aliphatic carbocycles. The van der Waals surface area contributed by atoms with Crippen molar-refractivity contribution in [2.24, 2.45) is 0 Å². The molecule has 8 nitrogen and oxygen atoms in total. The van der Waals surface area contributed by atoms with Gasteiger partial charge in [-0.3, -0.25) is 15.0 Å². The molecule has 0 saturated heterocycles. The van der Waals surface area contributed by atoms with E-state index in [1.165, 1.54) is 6.33 Å². The highest BCUT2D eigenvalue weighted by Gasteiger charge is 2.13. The fraction of sp³-hybridized carbons (Fsp3) is 0.0625. The predicted octanol–water partition coefficient (Wildman–Crippen LogP) is 1.72. The van der Waals surface area contributed by atoms with Crippen molar-refractivity contribution < 1.29 is 10.0 Å². The number of amides is 1. The molecule has 0 radical (unpaired) electrons. The van der Waals surface area contributed by atoms with Gasteiger partial charge in [0, 0.05) is 24.2 Å². The van der Waals surface area contributed by atoms with Gasteiger partial charge in [0.25, 0.3) is 5.91 Å². The number of benzene rings is 1. The smallest absolute Gasteiger partial charge is 0.274 e. The molecule has 1 amide bonds. The molecule has 0 atom stereocenters. The number of hydrogen-bond acceptors (Lipinski definition) is 7. The fourth-order valence-corrected chi connectivity index (χ4v) is 2.16. The first-order chi connectivity index (χ1) is 11.8. The summed E-state index contributed by atoms with van der Waals surface area (Å²) in [5, 5.41) is 8.66. The summed E-state index contributed by atoms with van der Waals surface area (Å²) in [4.78, 5) is 29.9. The molecule has 0 aliphatic heterocycles. The first kappa shape index (κ1) is 15.5. The Balaban J connectivity index is 1.89. The summed E-state index contributed by atoms with van der Waals surface area (Å²) in [6.07, 6.45) is 7.98. The van der Waals surface area contributed by atoms with Crippen LogP contribution < -0.4 is 10.4 Å². The molecule has 24 heavy (non-hydrogen) atoms. The number of nitrogens with zero attached hydrogens (tertiary/aromatic N) is 5. The monoisotopic (exact) mass is 322 g/mol. The van der Waals surface area contributed by atoms with E-state index in [1.54, 1.807) is 60.6 Å². The third-order valence-electron chi connectivity index (χ3n) is 3.33. The summed E-state index contributed by atoms with van der Waals surface area (Å²) >= 11 is 0. The fourth-order valence-electron chi connectivity index (χ4n) is 2.16. The lowest BCUT2D eigenvalue weighted by Gasteiger charge is -2.22. The molecule has 2 heterocycles. The highest BCUT2D eigenvalue weighted by molar-refractivity contribution is 5.93. The summed E-state index contributed by atoms with van der Waals surface area (Å²) in [7, 11) is 0. The maximum absolute atomic E-state index is 11.4. The van der Waals surface area contributed by atoms with E-state index in [4.69, 9.17) is 5.21 Å². The van der Waals surface area contributed by atoms with Crippen LogP contribution in [0.1, 0.15) is 15.9 Å². The van der Waals surface area contributed by atoms with Crippen molar-refractivity contribution in [2.45, 2.75) is 6.54 Å². The van der Waals surface area contributed by atoms with Crippen LogP contribution in [-0.4, -0.2) is 31.1 Å². The molecule has 0 spiro atoms. The van der Waals surface area contributed by atoms with Crippen LogP contribution in [-0.2, 0) is 6.54 Å². The van der Waals surface area contributed by atoms with E-state index in [0.717, 1.165) is 5.56 Å². The van der Waals surface area contributed by atoms with Gasteiger partial charge in [0.15, 0.2) is 5.82 Å². The first-order valence-electron chi connectivity index (χ1n) is 7.11. The second-order valence-electron chi connectivity index (χ2n) is 4.86. The molecule has 0 saturated carbocycles. The molecule has 3 aromatic rings. The summed E-state index contributed by atoms with van der Waals surface area (Å²) in [5.74, 6) is 0.777. The molecule has 2 aromatic heterocycles. The van der Waals surface area contributed by atoms with Crippen LogP contribution in [0.4, 0.5) is 11.6 Å². The lowest BCUT2D eigenvalue weighted by atomic mass is 10.1. The maximum atomic E-state index is 11.4. The third-order valence-corrected chi connectivity index (χ3v) is 3.33. The van der Waals surface area contributed by atoms with E-state index >= 15 is 0 Å². The van der Waals surface area contributed by atoms with Crippen LogP contribution in [0.3, 0.4) is 0 Å². The SMILES string of the molecule is O=C(NO)c1ccc(CN(c2ccncn2)c2cnccn2)cc1. The highest BCUT2D eigenvalue weighted by atomic mass is 16.5. The van der Waals surface area contributed by atoms with Gasteiger partial charge >= 0.3 is 0 Å².